The summed E-state index contributed by atoms with van der Waals surface area (Å²) in [6.07, 6.45) is 2.46. The highest BCUT2D eigenvalue weighted by molar-refractivity contribution is 6.07. The summed E-state index contributed by atoms with van der Waals surface area (Å²) in [6.45, 7) is 4.04. The van der Waals surface area contributed by atoms with Gasteiger partial charge in [-0.2, -0.15) is 0 Å². The fraction of sp³-hybridized carbons (Fsp3) is 0.333. The van der Waals surface area contributed by atoms with E-state index in [4.69, 9.17) is 14.2 Å². The third-order valence-electron chi connectivity index (χ3n) is 7.31. The van der Waals surface area contributed by atoms with Crippen molar-refractivity contribution in [3.63, 3.8) is 0 Å². The number of pyridine rings is 1. The Kier molecular flexibility index (Phi) is 8.43. The number of urea groups is 1. The van der Waals surface area contributed by atoms with E-state index in [0.717, 1.165) is 0 Å². The van der Waals surface area contributed by atoms with E-state index in [1.54, 1.807) is 67.4 Å². The van der Waals surface area contributed by atoms with Gasteiger partial charge in [-0.25, -0.2) is 4.79 Å². The van der Waals surface area contributed by atoms with Gasteiger partial charge in [-0.05, 0) is 43.3 Å². The molecule has 2 aliphatic rings. The zero-order chi connectivity index (χ0) is 29.8. The van der Waals surface area contributed by atoms with Crippen LogP contribution in [0.25, 0.3) is 0 Å². The van der Waals surface area contributed by atoms with Crippen molar-refractivity contribution < 1.29 is 33.7 Å². The first-order valence-electron chi connectivity index (χ1n) is 13.6. The first-order chi connectivity index (χ1) is 20.2. The molecule has 12 nitrogen and oxygen atoms in total. The number of nitrogens with zero attached hydrogens (tertiary/aromatic N) is 3. The van der Waals surface area contributed by atoms with Crippen LogP contribution in [0.2, 0.25) is 0 Å². The molecule has 2 aromatic carbocycles. The van der Waals surface area contributed by atoms with Gasteiger partial charge in [0.05, 0.1) is 30.4 Å². The molecular weight excluding hydrogens is 542 g/mol. The van der Waals surface area contributed by atoms with Gasteiger partial charge in [-0.15, -0.1) is 0 Å². The highest BCUT2D eigenvalue weighted by Gasteiger charge is 2.35. The SMILES string of the molecule is C[C@@H]1CN([C@H](C)CO)C(=O)c2cccc(NC(=O)c3ccncc3)c2O[C@@H]1CN(C)C(=O)Nc1ccc2c(c1)OCO2. The number of aliphatic hydroxyl groups excluding tert-OH is 1. The molecule has 42 heavy (non-hydrogen) atoms. The fourth-order valence-electron chi connectivity index (χ4n) is 4.80. The quantitative estimate of drug-likeness (QED) is 0.389. The monoisotopic (exact) mass is 575 g/mol. The van der Waals surface area contributed by atoms with E-state index < -0.39 is 18.1 Å². The molecule has 4 amide bonds. The molecule has 5 rings (SSSR count). The number of carbonyl (C=O) groups excluding carboxylic acids is 3. The summed E-state index contributed by atoms with van der Waals surface area (Å²) in [5.74, 6) is 0.384. The molecule has 0 saturated carbocycles. The lowest BCUT2D eigenvalue weighted by Gasteiger charge is -2.38. The molecule has 0 fully saturated rings. The van der Waals surface area contributed by atoms with Gasteiger partial charge in [0.1, 0.15) is 6.10 Å². The lowest BCUT2D eigenvalue weighted by molar-refractivity contribution is 0.0372. The van der Waals surface area contributed by atoms with Crippen LogP contribution < -0.4 is 24.8 Å². The largest absolute Gasteiger partial charge is 0.485 e. The average molecular weight is 576 g/mol. The summed E-state index contributed by atoms with van der Waals surface area (Å²) in [4.78, 5) is 46.9. The molecule has 3 heterocycles. The predicted molar refractivity (Wildman–Crippen MR) is 154 cm³/mol. The van der Waals surface area contributed by atoms with Crippen LogP contribution in [0.4, 0.5) is 16.2 Å². The van der Waals surface area contributed by atoms with Crippen molar-refractivity contribution in [3.05, 3.63) is 72.1 Å². The number of amides is 4. The standard InChI is InChI=1S/C30H33N5O7/c1-18-14-35(19(2)16-36)29(38)22-5-4-6-23(33-28(37)20-9-11-31-12-10-20)27(22)42-26(18)15-34(3)30(39)32-21-7-8-24-25(13-21)41-17-40-24/h4-13,18-19,26,36H,14-17H2,1-3H3,(H,32,39)(H,33,37)/t18-,19-,26-/m1/s1. The molecule has 0 saturated heterocycles. The van der Waals surface area contributed by atoms with Crippen LogP contribution in [0, 0.1) is 5.92 Å². The summed E-state index contributed by atoms with van der Waals surface area (Å²) in [5.41, 5.74) is 1.49. The summed E-state index contributed by atoms with van der Waals surface area (Å²) in [6, 6.07) is 12.4. The molecule has 2 aliphatic heterocycles. The number of anilines is 2. The number of carbonyl (C=O) groups is 3. The zero-order valence-electron chi connectivity index (χ0n) is 23.6. The maximum atomic E-state index is 13.7. The number of fused-ring (bicyclic) bond motifs is 2. The molecule has 1 aromatic heterocycles. The van der Waals surface area contributed by atoms with Crippen molar-refractivity contribution >= 4 is 29.2 Å². The Bertz CT molecular complexity index is 1470. The molecule has 3 N–H and O–H groups in total. The van der Waals surface area contributed by atoms with Crippen LogP contribution in [-0.4, -0.2) is 83.4 Å². The Labute approximate surface area is 243 Å². The Morgan fingerprint density at radius 2 is 1.88 bits per heavy atom. The van der Waals surface area contributed by atoms with Crippen molar-refractivity contribution in [2.24, 2.45) is 5.92 Å². The number of rotatable bonds is 7. The molecule has 220 valence electrons. The number of aliphatic hydroxyl groups is 1. The van der Waals surface area contributed by atoms with Gasteiger partial charge in [-0.1, -0.05) is 13.0 Å². The first-order valence-corrected chi connectivity index (χ1v) is 13.6. The van der Waals surface area contributed by atoms with Crippen molar-refractivity contribution in [2.75, 3.05) is 44.2 Å². The van der Waals surface area contributed by atoms with E-state index in [2.05, 4.69) is 15.6 Å². The maximum absolute atomic E-state index is 13.7. The maximum Gasteiger partial charge on any atom is 0.321 e. The van der Waals surface area contributed by atoms with Crippen molar-refractivity contribution in [1.82, 2.24) is 14.8 Å². The van der Waals surface area contributed by atoms with E-state index in [-0.39, 0.29) is 55.7 Å². The molecule has 3 aromatic rings. The summed E-state index contributed by atoms with van der Waals surface area (Å²) >= 11 is 0. The lowest BCUT2D eigenvalue weighted by atomic mass is 9.99. The number of benzene rings is 2. The number of likely N-dealkylation sites (N-methyl/N-ethyl adjacent to an activating group) is 1. The second-order valence-corrected chi connectivity index (χ2v) is 10.4. The minimum atomic E-state index is -0.572. The van der Waals surface area contributed by atoms with E-state index in [1.165, 1.54) is 17.3 Å². The van der Waals surface area contributed by atoms with Gasteiger partial charge < -0.3 is 39.8 Å². The van der Waals surface area contributed by atoms with Gasteiger partial charge in [0.25, 0.3) is 11.8 Å². The number of aromatic nitrogens is 1. The Morgan fingerprint density at radius 1 is 1.12 bits per heavy atom. The number of hydrogen-bond acceptors (Lipinski definition) is 8. The van der Waals surface area contributed by atoms with Crippen LogP contribution in [0.15, 0.2) is 60.9 Å². The van der Waals surface area contributed by atoms with Crippen LogP contribution in [0.3, 0.4) is 0 Å². The lowest BCUT2D eigenvalue weighted by Crippen LogP contribution is -2.50. The van der Waals surface area contributed by atoms with Gasteiger partial charge in [0.2, 0.25) is 6.79 Å². The number of nitrogens with one attached hydrogen (secondary N) is 2. The van der Waals surface area contributed by atoms with Gasteiger partial charge in [0, 0.05) is 49.2 Å². The first kappa shape index (κ1) is 28.7. The number of para-hydroxylation sites is 1. The molecule has 0 radical (unpaired) electrons. The van der Waals surface area contributed by atoms with Crippen molar-refractivity contribution in [3.8, 4) is 17.2 Å². The molecule has 0 unspecified atom stereocenters. The van der Waals surface area contributed by atoms with E-state index in [0.29, 0.717) is 28.4 Å². The van der Waals surface area contributed by atoms with Crippen LogP contribution in [-0.2, 0) is 0 Å². The molecule has 0 bridgehead atoms. The third kappa shape index (κ3) is 6.08. The van der Waals surface area contributed by atoms with E-state index in [1.807, 2.05) is 6.92 Å². The zero-order valence-corrected chi connectivity index (χ0v) is 23.6. The van der Waals surface area contributed by atoms with Crippen LogP contribution >= 0.6 is 0 Å². The summed E-state index contributed by atoms with van der Waals surface area (Å²) in [7, 11) is 1.65. The fourth-order valence-corrected chi connectivity index (χ4v) is 4.80. The minimum absolute atomic E-state index is 0.129. The van der Waals surface area contributed by atoms with Crippen molar-refractivity contribution in [2.45, 2.75) is 26.0 Å². The van der Waals surface area contributed by atoms with E-state index >= 15 is 0 Å². The molecule has 0 spiro atoms. The Morgan fingerprint density at radius 3 is 2.64 bits per heavy atom. The van der Waals surface area contributed by atoms with Gasteiger partial charge >= 0.3 is 6.03 Å². The van der Waals surface area contributed by atoms with Gasteiger partial charge in [-0.3, -0.25) is 14.6 Å². The predicted octanol–water partition coefficient (Wildman–Crippen LogP) is 3.45. The number of hydrogen-bond donors (Lipinski definition) is 3. The average Bonchev–Trinajstić information content (AvgIpc) is 3.47. The van der Waals surface area contributed by atoms with E-state index in [9.17, 15) is 19.5 Å². The van der Waals surface area contributed by atoms with Crippen LogP contribution in [0.1, 0.15) is 34.6 Å². The Balaban J connectivity index is 1.41. The topological polar surface area (TPSA) is 143 Å². The second kappa shape index (κ2) is 12.4. The summed E-state index contributed by atoms with van der Waals surface area (Å²) in [5, 5.41) is 15.6. The van der Waals surface area contributed by atoms with Gasteiger partial charge in [0.15, 0.2) is 17.2 Å². The minimum Gasteiger partial charge on any atom is -0.485 e. The molecule has 12 heteroatoms. The third-order valence-corrected chi connectivity index (χ3v) is 7.31. The Hall–Kier alpha value is -4.84. The molecule has 0 aliphatic carbocycles. The highest BCUT2D eigenvalue weighted by Crippen LogP contribution is 2.36. The summed E-state index contributed by atoms with van der Waals surface area (Å²) < 4.78 is 17.2. The van der Waals surface area contributed by atoms with Crippen molar-refractivity contribution in [1.29, 1.82) is 0 Å². The van der Waals surface area contributed by atoms with Crippen LogP contribution in [0.5, 0.6) is 17.2 Å². The number of ether oxygens (including phenoxy) is 3. The molecule has 3 atom stereocenters. The second-order valence-electron chi connectivity index (χ2n) is 10.4. The smallest absolute Gasteiger partial charge is 0.321 e. The highest BCUT2D eigenvalue weighted by atomic mass is 16.7. The normalized spacial score (nSPS) is 18.2. The molecular formula is C30H33N5O7.